The third-order valence-electron chi connectivity index (χ3n) is 2.78. The summed E-state index contributed by atoms with van der Waals surface area (Å²) in [4.78, 5) is 19.0. The van der Waals surface area contributed by atoms with Crippen molar-refractivity contribution in [3.63, 3.8) is 0 Å². The highest BCUT2D eigenvalue weighted by molar-refractivity contribution is 7.15. The predicted molar refractivity (Wildman–Crippen MR) is 65.8 cm³/mol. The summed E-state index contributed by atoms with van der Waals surface area (Å²) in [6.45, 7) is 5.89. The second kappa shape index (κ2) is 4.82. The Hall–Kier alpha value is -1.10. The van der Waals surface area contributed by atoms with Crippen LogP contribution < -0.4 is 5.32 Å². The van der Waals surface area contributed by atoms with Crippen molar-refractivity contribution in [3.05, 3.63) is 11.1 Å². The molecule has 0 aromatic carbocycles. The van der Waals surface area contributed by atoms with Gasteiger partial charge >= 0.3 is 6.03 Å². The van der Waals surface area contributed by atoms with Gasteiger partial charge in [0.05, 0.1) is 0 Å². The maximum absolute atomic E-state index is 11.9. The lowest BCUT2D eigenvalue weighted by Crippen LogP contribution is -2.41. The van der Waals surface area contributed by atoms with Gasteiger partial charge in [-0.15, -0.1) is 11.3 Å². The molecule has 2 rings (SSSR count). The van der Waals surface area contributed by atoms with Gasteiger partial charge in [0, 0.05) is 24.2 Å². The molecule has 1 N–H and O–H groups in total. The first kappa shape index (κ1) is 11.4. The molecule has 16 heavy (non-hydrogen) atoms. The molecule has 2 amide bonds. The Morgan fingerprint density at radius 1 is 1.69 bits per heavy atom. The van der Waals surface area contributed by atoms with Crippen molar-refractivity contribution < 1.29 is 4.79 Å². The largest absolute Gasteiger partial charge is 0.324 e. The van der Waals surface area contributed by atoms with Crippen LogP contribution in [0.4, 0.5) is 9.93 Å². The average molecular weight is 239 g/mol. The molecule has 1 aliphatic heterocycles. The number of thiazole rings is 1. The molecule has 1 aromatic heterocycles. The van der Waals surface area contributed by atoms with Crippen molar-refractivity contribution in [2.24, 2.45) is 5.92 Å². The number of aromatic nitrogens is 1. The zero-order chi connectivity index (χ0) is 11.5. The van der Waals surface area contributed by atoms with E-state index in [4.69, 9.17) is 0 Å². The van der Waals surface area contributed by atoms with Crippen molar-refractivity contribution in [1.82, 2.24) is 9.88 Å². The maximum atomic E-state index is 11.9. The molecular formula is C11H17N3OS. The SMILES string of the molecule is Cc1cnc(NC(=O)N2CCCC(C)C2)s1. The molecule has 1 fully saturated rings. The van der Waals surface area contributed by atoms with Gasteiger partial charge in [0.1, 0.15) is 0 Å². The van der Waals surface area contributed by atoms with Gasteiger partial charge in [0.15, 0.2) is 5.13 Å². The molecule has 0 bridgehead atoms. The molecule has 1 saturated heterocycles. The van der Waals surface area contributed by atoms with Gasteiger partial charge in [-0.2, -0.15) is 0 Å². The summed E-state index contributed by atoms with van der Waals surface area (Å²) in [5.74, 6) is 0.609. The van der Waals surface area contributed by atoms with Crippen LogP contribution in [0, 0.1) is 12.8 Å². The van der Waals surface area contributed by atoms with Crippen molar-refractivity contribution in [2.75, 3.05) is 18.4 Å². The number of hydrogen-bond acceptors (Lipinski definition) is 3. The number of hydrogen-bond donors (Lipinski definition) is 1. The highest BCUT2D eigenvalue weighted by atomic mass is 32.1. The Labute approximate surface area is 99.7 Å². The van der Waals surface area contributed by atoms with Gasteiger partial charge in [-0.25, -0.2) is 9.78 Å². The number of nitrogens with zero attached hydrogens (tertiary/aromatic N) is 2. The van der Waals surface area contributed by atoms with E-state index in [1.54, 1.807) is 6.20 Å². The Morgan fingerprint density at radius 3 is 3.12 bits per heavy atom. The molecule has 1 atom stereocenters. The second-order valence-corrected chi connectivity index (χ2v) is 5.63. The number of amides is 2. The first-order valence-electron chi connectivity index (χ1n) is 5.63. The molecule has 0 saturated carbocycles. The number of aryl methyl sites for hydroxylation is 1. The monoisotopic (exact) mass is 239 g/mol. The third-order valence-corrected chi connectivity index (χ3v) is 3.61. The number of anilines is 1. The van der Waals surface area contributed by atoms with Crippen LogP contribution >= 0.6 is 11.3 Å². The molecule has 1 unspecified atom stereocenters. The van der Waals surface area contributed by atoms with Crippen LogP contribution in [0.2, 0.25) is 0 Å². The number of piperidine rings is 1. The number of rotatable bonds is 1. The Balaban J connectivity index is 1.92. The van der Waals surface area contributed by atoms with E-state index in [1.807, 2.05) is 11.8 Å². The standard InChI is InChI=1S/C11H17N3OS/c1-8-4-3-5-14(7-8)11(15)13-10-12-6-9(2)16-10/h6,8H,3-5,7H2,1-2H3,(H,12,13,15). The minimum atomic E-state index is -0.0131. The van der Waals surface area contributed by atoms with Crippen LogP contribution in [0.15, 0.2) is 6.20 Å². The zero-order valence-corrected chi connectivity index (χ0v) is 10.5. The lowest BCUT2D eigenvalue weighted by Gasteiger charge is -2.30. The van der Waals surface area contributed by atoms with Gasteiger partial charge in [-0.3, -0.25) is 5.32 Å². The molecular weight excluding hydrogens is 222 g/mol. The topological polar surface area (TPSA) is 45.2 Å². The van der Waals surface area contributed by atoms with E-state index in [0.717, 1.165) is 24.4 Å². The lowest BCUT2D eigenvalue weighted by atomic mass is 10.0. The molecule has 0 radical (unpaired) electrons. The summed E-state index contributed by atoms with van der Waals surface area (Å²) in [6, 6.07) is -0.0131. The molecule has 2 heterocycles. The summed E-state index contributed by atoms with van der Waals surface area (Å²) in [7, 11) is 0. The van der Waals surface area contributed by atoms with Gasteiger partial charge < -0.3 is 4.90 Å². The first-order valence-corrected chi connectivity index (χ1v) is 6.45. The van der Waals surface area contributed by atoms with E-state index in [0.29, 0.717) is 11.0 Å². The first-order chi connectivity index (χ1) is 7.65. The van der Waals surface area contributed by atoms with Crippen molar-refractivity contribution >= 4 is 22.5 Å². The molecule has 0 spiro atoms. The van der Waals surface area contributed by atoms with Crippen LogP contribution in [-0.2, 0) is 0 Å². The second-order valence-electron chi connectivity index (χ2n) is 4.40. The fourth-order valence-corrected chi connectivity index (χ4v) is 2.61. The summed E-state index contributed by atoms with van der Waals surface area (Å²) < 4.78 is 0. The van der Waals surface area contributed by atoms with Gasteiger partial charge in [0.25, 0.3) is 0 Å². The van der Waals surface area contributed by atoms with Gasteiger partial charge in [0.2, 0.25) is 0 Å². The normalized spacial score (nSPS) is 20.9. The predicted octanol–water partition coefficient (Wildman–Crippen LogP) is 2.72. The number of carbonyl (C=O) groups is 1. The van der Waals surface area contributed by atoms with Crippen LogP contribution in [0.1, 0.15) is 24.6 Å². The van der Waals surface area contributed by atoms with E-state index in [2.05, 4.69) is 17.2 Å². The van der Waals surface area contributed by atoms with E-state index in [9.17, 15) is 4.79 Å². The third kappa shape index (κ3) is 2.72. The van der Waals surface area contributed by atoms with Crippen LogP contribution in [0.5, 0.6) is 0 Å². The van der Waals surface area contributed by atoms with Crippen molar-refractivity contribution in [3.8, 4) is 0 Å². The van der Waals surface area contributed by atoms with Gasteiger partial charge in [-0.05, 0) is 25.7 Å². The number of likely N-dealkylation sites (tertiary alicyclic amines) is 1. The van der Waals surface area contributed by atoms with E-state index >= 15 is 0 Å². The van der Waals surface area contributed by atoms with Crippen LogP contribution in [0.3, 0.4) is 0 Å². The highest BCUT2D eigenvalue weighted by Gasteiger charge is 2.21. The summed E-state index contributed by atoms with van der Waals surface area (Å²) in [5, 5.41) is 3.54. The highest BCUT2D eigenvalue weighted by Crippen LogP contribution is 2.19. The Morgan fingerprint density at radius 2 is 2.50 bits per heavy atom. The lowest BCUT2D eigenvalue weighted by molar-refractivity contribution is 0.182. The Bertz CT molecular complexity index is 377. The minimum absolute atomic E-state index is 0.0131. The van der Waals surface area contributed by atoms with E-state index < -0.39 is 0 Å². The van der Waals surface area contributed by atoms with Crippen LogP contribution in [-0.4, -0.2) is 29.0 Å². The fourth-order valence-electron chi connectivity index (χ4n) is 1.96. The fraction of sp³-hybridized carbons (Fsp3) is 0.636. The number of nitrogens with one attached hydrogen (secondary N) is 1. The van der Waals surface area contributed by atoms with Crippen molar-refractivity contribution in [2.45, 2.75) is 26.7 Å². The maximum Gasteiger partial charge on any atom is 0.323 e. The number of urea groups is 1. The quantitative estimate of drug-likeness (QED) is 0.819. The minimum Gasteiger partial charge on any atom is -0.324 e. The summed E-state index contributed by atoms with van der Waals surface area (Å²) in [6.07, 6.45) is 4.10. The Kier molecular flexibility index (Phi) is 3.43. The molecule has 1 aromatic rings. The smallest absolute Gasteiger partial charge is 0.323 e. The summed E-state index contributed by atoms with van der Waals surface area (Å²) in [5.41, 5.74) is 0. The molecule has 1 aliphatic rings. The molecule has 0 aliphatic carbocycles. The van der Waals surface area contributed by atoms with E-state index in [1.165, 1.54) is 17.8 Å². The summed E-state index contributed by atoms with van der Waals surface area (Å²) >= 11 is 1.51. The van der Waals surface area contributed by atoms with Crippen molar-refractivity contribution in [1.29, 1.82) is 0 Å². The van der Waals surface area contributed by atoms with Gasteiger partial charge in [-0.1, -0.05) is 6.92 Å². The average Bonchev–Trinajstić information content (AvgIpc) is 2.64. The molecule has 88 valence electrons. The molecule has 4 nitrogen and oxygen atoms in total. The number of carbonyl (C=O) groups excluding carboxylic acids is 1. The van der Waals surface area contributed by atoms with Crippen LogP contribution in [0.25, 0.3) is 0 Å². The van der Waals surface area contributed by atoms with E-state index in [-0.39, 0.29) is 6.03 Å². The zero-order valence-electron chi connectivity index (χ0n) is 9.69. The molecule has 5 heteroatoms.